The molecule has 0 N–H and O–H groups in total. The predicted octanol–water partition coefficient (Wildman–Crippen LogP) is 3.72. The van der Waals surface area contributed by atoms with E-state index in [2.05, 4.69) is 19.9 Å². The summed E-state index contributed by atoms with van der Waals surface area (Å²) in [6.07, 6.45) is 3.60. The number of rotatable bonds is 3. The molecule has 70 valence electrons. The quantitative estimate of drug-likeness (QED) is 0.638. The van der Waals surface area contributed by atoms with Crippen LogP contribution in [0.4, 0.5) is 0 Å². The molecule has 0 aliphatic carbocycles. The molecular formula is C12H16O. The second-order valence-corrected chi connectivity index (χ2v) is 3.28. The van der Waals surface area contributed by atoms with Crippen LogP contribution in [0.15, 0.2) is 36.6 Å². The maximum Gasteiger partial charge on any atom is 0.129 e. The highest BCUT2D eigenvalue weighted by atomic mass is 16.5. The molecule has 0 amide bonds. The normalized spacial score (nSPS) is 11.1. The predicted molar refractivity (Wildman–Crippen MR) is 56.0 cm³/mol. The fourth-order valence-electron chi connectivity index (χ4n) is 1.21. The fourth-order valence-corrected chi connectivity index (χ4v) is 1.21. The third-order valence-corrected chi connectivity index (χ3v) is 1.87. The zero-order valence-electron chi connectivity index (χ0n) is 8.45. The number of hydrogen-bond donors (Lipinski definition) is 0. The summed E-state index contributed by atoms with van der Waals surface area (Å²) in [5.74, 6) is 1.46. The van der Waals surface area contributed by atoms with Crippen LogP contribution >= 0.6 is 0 Å². The van der Waals surface area contributed by atoms with Gasteiger partial charge >= 0.3 is 0 Å². The summed E-state index contributed by atoms with van der Waals surface area (Å²) in [4.78, 5) is 0. The van der Waals surface area contributed by atoms with Crippen molar-refractivity contribution in [2.45, 2.75) is 26.7 Å². The van der Waals surface area contributed by atoms with Crippen molar-refractivity contribution in [3.8, 4) is 5.75 Å². The molecule has 0 atom stereocenters. The van der Waals surface area contributed by atoms with E-state index in [1.54, 1.807) is 6.26 Å². The Kier molecular flexibility index (Phi) is 3.56. The summed E-state index contributed by atoms with van der Waals surface area (Å²) in [5.41, 5.74) is 1.25. The molecule has 1 rings (SSSR count). The van der Waals surface area contributed by atoms with E-state index in [4.69, 9.17) is 4.74 Å². The van der Waals surface area contributed by atoms with Crippen LogP contribution in [0.3, 0.4) is 0 Å². The van der Waals surface area contributed by atoms with Crippen molar-refractivity contribution in [3.63, 3.8) is 0 Å². The Balaban J connectivity index is 2.91. The summed E-state index contributed by atoms with van der Waals surface area (Å²) < 4.78 is 5.47. The molecule has 0 aliphatic heterocycles. The number of ether oxygens (including phenoxy) is 1. The lowest BCUT2D eigenvalue weighted by Gasteiger charge is -2.10. The number of allylic oxidation sites excluding steroid dienone is 1. The molecule has 0 spiro atoms. The van der Waals surface area contributed by atoms with E-state index in [-0.39, 0.29) is 0 Å². The first-order chi connectivity index (χ1) is 6.25. The van der Waals surface area contributed by atoms with E-state index in [1.807, 2.05) is 31.2 Å². The maximum atomic E-state index is 5.47. The van der Waals surface area contributed by atoms with Gasteiger partial charge in [0.05, 0.1) is 6.26 Å². The molecular weight excluding hydrogens is 160 g/mol. The molecule has 0 saturated heterocycles. The first kappa shape index (κ1) is 9.85. The highest BCUT2D eigenvalue weighted by Gasteiger charge is 2.04. The maximum absolute atomic E-state index is 5.47. The Hall–Kier alpha value is -1.24. The van der Waals surface area contributed by atoms with E-state index in [0.717, 1.165) is 5.75 Å². The summed E-state index contributed by atoms with van der Waals surface area (Å²) in [6, 6.07) is 8.13. The molecule has 0 bridgehead atoms. The van der Waals surface area contributed by atoms with Gasteiger partial charge in [-0.05, 0) is 24.5 Å². The van der Waals surface area contributed by atoms with E-state index in [9.17, 15) is 0 Å². The smallest absolute Gasteiger partial charge is 0.129 e. The van der Waals surface area contributed by atoms with E-state index in [1.165, 1.54) is 5.56 Å². The molecule has 1 heteroatoms. The number of hydrogen-bond acceptors (Lipinski definition) is 1. The zero-order chi connectivity index (χ0) is 9.68. The molecule has 0 aromatic heterocycles. The van der Waals surface area contributed by atoms with Crippen LogP contribution in [0.25, 0.3) is 0 Å². The van der Waals surface area contributed by atoms with E-state index < -0.39 is 0 Å². The number of benzene rings is 1. The summed E-state index contributed by atoms with van der Waals surface area (Å²) in [6.45, 7) is 6.27. The summed E-state index contributed by atoms with van der Waals surface area (Å²) >= 11 is 0. The molecule has 0 unspecified atom stereocenters. The van der Waals surface area contributed by atoms with Crippen LogP contribution in [-0.2, 0) is 0 Å². The van der Waals surface area contributed by atoms with Crippen LogP contribution in [0.2, 0.25) is 0 Å². The third-order valence-electron chi connectivity index (χ3n) is 1.87. The molecule has 1 aromatic carbocycles. The Bertz CT molecular complexity index is 287. The van der Waals surface area contributed by atoms with Crippen LogP contribution in [0.5, 0.6) is 5.75 Å². The van der Waals surface area contributed by atoms with Crippen molar-refractivity contribution in [2.75, 3.05) is 0 Å². The topological polar surface area (TPSA) is 9.23 Å². The first-order valence-corrected chi connectivity index (χ1v) is 4.62. The largest absolute Gasteiger partial charge is 0.465 e. The number of para-hydroxylation sites is 1. The van der Waals surface area contributed by atoms with Gasteiger partial charge in [0.2, 0.25) is 0 Å². The van der Waals surface area contributed by atoms with Gasteiger partial charge in [0.1, 0.15) is 5.75 Å². The molecule has 1 aromatic rings. The van der Waals surface area contributed by atoms with Gasteiger partial charge < -0.3 is 4.74 Å². The van der Waals surface area contributed by atoms with Crippen molar-refractivity contribution in [1.29, 1.82) is 0 Å². The second-order valence-electron chi connectivity index (χ2n) is 3.28. The summed E-state index contributed by atoms with van der Waals surface area (Å²) in [5, 5.41) is 0. The van der Waals surface area contributed by atoms with Crippen LogP contribution < -0.4 is 4.74 Å². The SMILES string of the molecule is C/C=C\Oc1ccccc1C(C)C. The van der Waals surface area contributed by atoms with Gasteiger partial charge in [-0.3, -0.25) is 0 Å². The van der Waals surface area contributed by atoms with Gasteiger partial charge in [-0.15, -0.1) is 0 Å². The second kappa shape index (κ2) is 4.70. The Morgan fingerprint density at radius 1 is 1.23 bits per heavy atom. The molecule has 0 heterocycles. The highest BCUT2D eigenvalue weighted by Crippen LogP contribution is 2.25. The van der Waals surface area contributed by atoms with Crippen LogP contribution in [0.1, 0.15) is 32.3 Å². The lowest BCUT2D eigenvalue weighted by Crippen LogP contribution is -1.92. The molecule has 0 radical (unpaired) electrons. The lowest BCUT2D eigenvalue weighted by atomic mass is 10.0. The minimum atomic E-state index is 0.501. The zero-order valence-corrected chi connectivity index (χ0v) is 8.45. The van der Waals surface area contributed by atoms with Crippen molar-refractivity contribution in [1.82, 2.24) is 0 Å². The fraction of sp³-hybridized carbons (Fsp3) is 0.333. The van der Waals surface area contributed by atoms with E-state index >= 15 is 0 Å². The monoisotopic (exact) mass is 176 g/mol. The molecule has 0 aliphatic rings. The lowest BCUT2D eigenvalue weighted by molar-refractivity contribution is 0.471. The van der Waals surface area contributed by atoms with Gasteiger partial charge in [0.15, 0.2) is 0 Å². The van der Waals surface area contributed by atoms with Crippen molar-refractivity contribution in [2.24, 2.45) is 0 Å². The van der Waals surface area contributed by atoms with Gasteiger partial charge in [-0.1, -0.05) is 38.1 Å². The standard InChI is InChI=1S/C12H16O/c1-4-9-13-12-8-6-5-7-11(12)10(2)3/h4-10H,1-3H3/b9-4-. The van der Waals surface area contributed by atoms with Gasteiger partial charge in [-0.2, -0.15) is 0 Å². The average molecular weight is 176 g/mol. The molecule has 13 heavy (non-hydrogen) atoms. The molecule has 0 saturated carbocycles. The molecule has 1 nitrogen and oxygen atoms in total. The highest BCUT2D eigenvalue weighted by molar-refractivity contribution is 5.35. The van der Waals surface area contributed by atoms with Crippen LogP contribution in [-0.4, -0.2) is 0 Å². The van der Waals surface area contributed by atoms with E-state index in [0.29, 0.717) is 5.92 Å². The first-order valence-electron chi connectivity index (χ1n) is 4.62. The van der Waals surface area contributed by atoms with Gasteiger partial charge in [0, 0.05) is 0 Å². The summed E-state index contributed by atoms with van der Waals surface area (Å²) in [7, 11) is 0. The minimum absolute atomic E-state index is 0.501. The Morgan fingerprint density at radius 3 is 2.54 bits per heavy atom. The average Bonchev–Trinajstić information content (AvgIpc) is 2.15. The van der Waals surface area contributed by atoms with Gasteiger partial charge in [0.25, 0.3) is 0 Å². The Morgan fingerprint density at radius 2 is 1.92 bits per heavy atom. The van der Waals surface area contributed by atoms with Crippen molar-refractivity contribution in [3.05, 3.63) is 42.2 Å². The van der Waals surface area contributed by atoms with Gasteiger partial charge in [-0.25, -0.2) is 0 Å². The molecule has 0 fully saturated rings. The Labute approximate surface area is 80.0 Å². The van der Waals surface area contributed by atoms with Crippen molar-refractivity contribution < 1.29 is 4.74 Å². The minimum Gasteiger partial charge on any atom is -0.465 e. The van der Waals surface area contributed by atoms with Crippen LogP contribution in [0, 0.1) is 0 Å². The third kappa shape index (κ3) is 2.62. The van der Waals surface area contributed by atoms with Crippen molar-refractivity contribution >= 4 is 0 Å².